The second kappa shape index (κ2) is 12.5. The maximum absolute atomic E-state index is 13.2. The third-order valence-electron chi connectivity index (χ3n) is 4.25. The van der Waals surface area contributed by atoms with E-state index in [0.29, 0.717) is 37.1 Å². The largest absolute Gasteiger partial charge is 0.416 e. The standard InChI is InChI=1S/C21H24F4N4O.HI/c1-3-27-20(28-10-9-14-5-4-6-15(11-14)19(30)26-2)29-13-16-7-8-17(22)12-18(16)21(23,24)25;/h4-8,11-12H,3,9-10,13H2,1-2H3,(H,26,30)(H2,27,28,29);1H. The van der Waals surface area contributed by atoms with Gasteiger partial charge in [-0.2, -0.15) is 13.2 Å². The van der Waals surface area contributed by atoms with Crippen molar-refractivity contribution in [3.63, 3.8) is 0 Å². The first-order chi connectivity index (χ1) is 14.2. The van der Waals surface area contributed by atoms with Crippen molar-refractivity contribution in [3.05, 3.63) is 70.5 Å². The van der Waals surface area contributed by atoms with Crippen LogP contribution in [0.15, 0.2) is 47.5 Å². The third-order valence-corrected chi connectivity index (χ3v) is 4.25. The molecule has 2 aromatic carbocycles. The molecular weight excluding hydrogens is 527 g/mol. The van der Waals surface area contributed by atoms with Gasteiger partial charge in [0.25, 0.3) is 5.91 Å². The Labute approximate surface area is 195 Å². The molecule has 0 saturated heterocycles. The maximum atomic E-state index is 13.2. The van der Waals surface area contributed by atoms with Gasteiger partial charge in [0.1, 0.15) is 5.82 Å². The molecule has 2 rings (SSSR count). The molecule has 3 N–H and O–H groups in total. The first-order valence-electron chi connectivity index (χ1n) is 9.43. The highest BCUT2D eigenvalue weighted by Crippen LogP contribution is 2.32. The number of hydrogen-bond acceptors (Lipinski definition) is 2. The first-order valence-corrected chi connectivity index (χ1v) is 9.43. The Bertz CT molecular complexity index is 903. The van der Waals surface area contributed by atoms with Gasteiger partial charge < -0.3 is 16.0 Å². The Morgan fingerprint density at radius 2 is 1.84 bits per heavy atom. The number of benzene rings is 2. The van der Waals surface area contributed by atoms with Crippen molar-refractivity contribution in [1.82, 2.24) is 16.0 Å². The van der Waals surface area contributed by atoms with Crippen molar-refractivity contribution in [2.45, 2.75) is 26.1 Å². The zero-order chi connectivity index (χ0) is 22.1. The van der Waals surface area contributed by atoms with Crippen molar-refractivity contribution in [3.8, 4) is 0 Å². The van der Waals surface area contributed by atoms with Crippen molar-refractivity contribution >= 4 is 35.8 Å². The number of amides is 1. The molecule has 0 fully saturated rings. The highest BCUT2D eigenvalue weighted by atomic mass is 127. The SMILES string of the molecule is CCNC(=NCc1ccc(F)cc1C(F)(F)F)NCCc1cccc(C(=O)NC)c1.I. The minimum Gasteiger partial charge on any atom is -0.357 e. The fourth-order valence-corrected chi connectivity index (χ4v) is 2.79. The van der Waals surface area contributed by atoms with Gasteiger partial charge in [-0.25, -0.2) is 9.38 Å². The van der Waals surface area contributed by atoms with Crippen LogP contribution in [0.3, 0.4) is 0 Å². The van der Waals surface area contributed by atoms with Gasteiger partial charge in [0.05, 0.1) is 12.1 Å². The van der Waals surface area contributed by atoms with Crippen LogP contribution in [0.4, 0.5) is 17.6 Å². The number of guanidine groups is 1. The summed E-state index contributed by atoms with van der Waals surface area (Å²) in [6.45, 7) is 2.56. The van der Waals surface area contributed by atoms with Gasteiger partial charge in [0.2, 0.25) is 0 Å². The van der Waals surface area contributed by atoms with Crippen LogP contribution < -0.4 is 16.0 Å². The van der Waals surface area contributed by atoms with E-state index in [1.165, 1.54) is 0 Å². The molecule has 5 nitrogen and oxygen atoms in total. The van der Waals surface area contributed by atoms with E-state index in [4.69, 9.17) is 0 Å². The predicted molar refractivity (Wildman–Crippen MR) is 123 cm³/mol. The Morgan fingerprint density at radius 1 is 1.10 bits per heavy atom. The van der Waals surface area contributed by atoms with Crippen LogP contribution in [0.5, 0.6) is 0 Å². The van der Waals surface area contributed by atoms with Crippen LogP contribution in [0.1, 0.15) is 34.0 Å². The average Bonchev–Trinajstić information content (AvgIpc) is 2.71. The van der Waals surface area contributed by atoms with E-state index in [2.05, 4.69) is 20.9 Å². The number of rotatable bonds is 7. The highest BCUT2D eigenvalue weighted by Gasteiger charge is 2.33. The minimum atomic E-state index is -4.66. The molecule has 31 heavy (non-hydrogen) atoms. The van der Waals surface area contributed by atoms with E-state index >= 15 is 0 Å². The van der Waals surface area contributed by atoms with Crippen LogP contribution in [-0.4, -0.2) is 32.0 Å². The summed E-state index contributed by atoms with van der Waals surface area (Å²) >= 11 is 0. The molecule has 0 saturated carbocycles. The van der Waals surface area contributed by atoms with Crippen LogP contribution in [-0.2, 0) is 19.1 Å². The van der Waals surface area contributed by atoms with Gasteiger partial charge in [-0.15, -0.1) is 24.0 Å². The number of hydrogen-bond donors (Lipinski definition) is 3. The second-order valence-corrected chi connectivity index (χ2v) is 6.45. The lowest BCUT2D eigenvalue weighted by Crippen LogP contribution is -2.38. The molecule has 0 aromatic heterocycles. The summed E-state index contributed by atoms with van der Waals surface area (Å²) in [7, 11) is 1.56. The number of aliphatic imine (C=N–C) groups is 1. The summed E-state index contributed by atoms with van der Waals surface area (Å²) in [6, 6.07) is 9.71. The molecule has 170 valence electrons. The number of halogens is 5. The summed E-state index contributed by atoms with van der Waals surface area (Å²) in [4.78, 5) is 15.9. The topological polar surface area (TPSA) is 65.5 Å². The molecule has 0 heterocycles. The lowest BCUT2D eigenvalue weighted by molar-refractivity contribution is -0.138. The fraction of sp³-hybridized carbons (Fsp3) is 0.333. The number of carbonyl (C=O) groups excluding carboxylic acids is 1. The zero-order valence-corrected chi connectivity index (χ0v) is 19.5. The second-order valence-electron chi connectivity index (χ2n) is 6.45. The average molecular weight is 552 g/mol. The molecule has 0 spiro atoms. The van der Waals surface area contributed by atoms with E-state index in [0.717, 1.165) is 17.7 Å². The molecular formula is C21H25F4IN4O. The summed E-state index contributed by atoms with van der Waals surface area (Å²) in [5, 5.41) is 8.58. The third kappa shape index (κ3) is 8.35. The highest BCUT2D eigenvalue weighted by molar-refractivity contribution is 14.0. The Balaban J connectivity index is 0.00000480. The molecule has 2 aromatic rings. The molecule has 10 heteroatoms. The van der Waals surface area contributed by atoms with Gasteiger partial charge in [-0.05, 0) is 48.7 Å². The molecule has 0 aliphatic heterocycles. The van der Waals surface area contributed by atoms with E-state index in [1.807, 2.05) is 13.0 Å². The molecule has 0 bridgehead atoms. The number of nitrogens with one attached hydrogen (secondary N) is 3. The fourth-order valence-electron chi connectivity index (χ4n) is 2.79. The molecule has 1 amide bonds. The summed E-state index contributed by atoms with van der Waals surface area (Å²) in [5.74, 6) is -0.782. The molecule has 0 atom stereocenters. The van der Waals surface area contributed by atoms with E-state index < -0.39 is 17.6 Å². The Hall–Kier alpha value is -2.37. The van der Waals surface area contributed by atoms with E-state index in [1.54, 1.807) is 25.2 Å². The Morgan fingerprint density at radius 3 is 2.48 bits per heavy atom. The molecule has 0 unspecified atom stereocenters. The number of carbonyl (C=O) groups is 1. The van der Waals surface area contributed by atoms with Crippen molar-refractivity contribution in [2.24, 2.45) is 4.99 Å². The molecule has 0 radical (unpaired) electrons. The smallest absolute Gasteiger partial charge is 0.357 e. The van der Waals surface area contributed by atoms with Gasteiger partial charge in [-0.1, -0.05) is 18.2 Å². The van der Waals surface area contributed by atoms with Gasteiger partial charge in [0.15, 0.2) is 5.96 Å². The zero-order valence-electron chi connectivity index (χ0n) is 17.1. The maximum Gasteiger partial charge on any atom is 0.416 e. The first kappa shape index (κ1) is 26.7. The monoisotopic (exact) mass is 552 g/mol. The lowest BCUT2D eigenvalue weighted by Gasteiger charge is -2.14. The van der Waals surface area contributed by atoms with E-state index in [9.17, 15) is 22.4 Å². The summed E-state index contributed by atoms with van der Waals surface area (Å²) < 4.78 is 52.6. The van der Waals surface area contributed by atoms with Gasteiger partial charge >= 0.3 is 6.18 Å². The van der Waals surface area contributed by atoms with Gasteiger partial charge in [-0.3, -0.25) is 4.79 Å². The Kier molecular flexibility index (Phi) is 10.7. The van der Waals surface area contributed by atoms with Crippen LogP contribution in [0.25, 0.3) is 0 Å². The molecule has 0 aliphatic rings. The normalized spacial score (nSPS) is 11.5. The van der Waals surface area contributed by atoms with E-state index in [-0.39, 0.29) is 42.0 Å². The van der Waals surface area contributed by atoms with Crippen molar-refractivity contribution in [2.75, 3.05) is 20.1 Å². The lowest BCUT2D eigenvalue weighted by atomic mass is 10.1. The summed E-state index contributed by atoms with van der Waals surface area (Å²) in [5.41, 5.74) is 0.330. The van der Waals surface area contributed by atoms with Crippen LogP contribution >= 0.6 is 24.0 Å². The van der Waals surface area contributed by atoms with Crippen molar-refractivity contribution < 1.29 is 22.4 Å². The number of alkyl halides is 3. The van der Waals surface area contributed by atoms with Crippen LogP contribution in [0, 0.1) is 5.82 Å². The minimum absolute atomic E-state index is 0. The van der Waals surface area contributed by atoms with Crippen LogP contribution in [0.2, 0.25) is 0 Å². The van der Waals surface area contributed by atoms with Gasteiger partial charge in [0, 0.05) is 25.7 Å². The number of nitrogens with zero attached hydrogens (tertiary/aromatic N) is 1. The predicted octanol–water partition coefficient (Wildman–Crippen LogP) is 4.12. The van der Waals surface area contributed by atoms with Crippen molar-refractivity contribution in [1.29, 1.82) is 0 Å². The summed E-state index contributed by atoms with van der Waals surface area (Å²) in [6.07, 6.45) is -4.08. The quantitative estimate of drug-likeness (QED) is 0.210. The molecule has 0 aliphatic carbocycles.